The van der Waals surface area contributed by atoms with Crippen molar-refractivity contribution in [2.24, 2.45) is 5.16 Å². The highest BCUT2D eigenvalue weighted by molar-refractivity contribution is 6.03. The zero-order chi connectivity index (χ0) is 24.4. The number of hydrogen-bond acceptors (Lipinski definition) is 4. The maximum absolute atomic E-state index is 12.1. The van der Waals surface area contributed by atoms with Crippen molar-refractivity contribution in [3.8, 4) is 5.75 Å². The van der Waals surface area contributed by atoms with Crippen LogP contribution in [0, 0.1) is 6.92 Å². The Balaban J connectivity index is 1.49. The summed E-state index contributed by atoms with van der Waals surface area (Å²) in [6, 6.07) is 4.02. The van der Waals surface area contributed by atoms with Crippen LogP contribution in [0.1, 0.15) is 139 Å². The number of rotatable bonds is 18. The first kappa shape index (κ1) is 28.4. The molecule has 0 N–H and O–H groups in total. The van der Waals surface area contributed by atoms with Crippen molar-refractivity contribution < 1.29 is 14.4 Å². The standard InChI is InChI=1S/C30H49NO3/c1-4-5-6-7-8-9-10-11-12-13-14-15-16-17-18-22-30(32)34-31-28-21-19-20-26-25(2)29(33-3)24-23-27(26)28/h23-24H,4-22H2,1-3H3/b31-28-. The summed E-state index contributed by atoms with van der Waals surface area (Å²) < 4.78 is 5.44. The molecular formula is C30H49NO3. The van der Waals surface area contributed by atoms with Gasteiger partial charge in [0.05, 0.1) is 12.8 Å². The number of ether oxygens (including phenoxy) is 1. The molecule has 1 aliphatic rings. The molecule has 0 aromatic heterocycles. The summed E-state index contributed by atoms with van der Waals surface area (Å²) in [5, 5.41) is 4.24. The first-order valence-corrected chi connectivity index (χ1v) is 14.1. The van der Waals surface area contributed by atoms with E-state index in [0.29, 0.717) is 6.42 Å². The van der Waals surface area contributed by atoms with Gasteiger partial charge < -0.3 is 9.57 Å². The molecule has 0 heterocycles. The lowest BCUT2D eigenvalue weighted by Crippen LogP contribution is -2.15. The van der Waals surface area contributed by atoms with Gasteiger partial charge in [0.1, 0.15) is 5.75 Å². The monoisotopic (exact) mass is 471 g/mol. The molecule has 1 aliphatic carbocycles. The predicted octanol–water partition coefficient (Wildman–Crippen LogP) is 8.85. The van der Waals surface area contributed by atoms with Gasteiger partial charge in [0, 0.05) is 12.0 Å². The Labute approximate surface area is 208 Å². The van der Waals surface area contributed by atoms with Gasteiger partial charge in [-0.3, -0.25) is 0 Å². The van der Waals surface area contributed by atoms with E-state index >= 15 is 0 Å². The topological polar surface area (TPSA) is 47.9 Å². The third-order valence-electron chi connectivity index (χ3n) is 7.16. The Morgan fingerprint density at radius 3 is 1.94 bits per heavy atom. The van der Waals surface area contributed by atoms with E-state index in [9.17, 15) is 4.79 Å². The van der Waals surface area contributed by atoms with E-state index in [2.05, 4.69) is 19.0 Å². The quantitative estimate of drug-likeness (QED) is 0.122. The van der Waals surface area contributed by atoms with Crippen LogP contribution in [0.25, 0.3) is 0 Å². The average Bonchev–Trinajstić information content (AvgIpc) is 2.85. The molecule has 1 aromatic carbocycles. The second-order valence-electron chi connectivity index (χ2n) is 9.97. The van der Waals surface area contributed by atoms with E-state index in [0.717, 1.165) is 54.7 Å². The van der Waals surface area contributed by atoms with E-state index in [1.165, 1.54) is 89.0 Å². The van der Waals surface area contributed by atoms with Crippen LogP contribution in [0.5, 0.6) is 5.75 Å². The van der Waals surface area contributed by atoms with Crippen molar-refractivity contribution in [3.05, 3.63) is 28.8 Å². The number of benzene rings is 1. The van der Waals surface area contributed by atoms with Crippen LogP contribution in [0.2, 0.25) is 0 Å². The molecule has 0 amide bonds. The molecule has 0 atom stereocenters. The molecule has 4 nitrogen and oxygen atoms in total. The lowest BCUT2D eigenvalue weighted by Gasteiger charge is -2.20. The van der Waals surface area contributed by atoms with Crippen LogP contribution >= 0.6 is 0 Å². The largest absolute Gasteiger partial charge is 0.496 e. The van der Waals surface area contributed by atoms with E-state index in [4.69, 9.17) is 9.57 Å². The van der Waals surface area contributed by atoms with Gasteiger partial charge >= 0.3 is 5.97 Å². The van der Waals surface area contributed by atoms with Crippen LogP contribution in [-0.4, -0.2) is 18.8 Å². The number of methoxy groups -OCH3 is 1. The molecule has 4 heteroatoms. The number of unbranched alkanes of at least 4 members (excludes halogenated alkanes) is 14. The number of carbonyl (C=O) groups is 1. The highest BCUT2D eigenvalue weighted by atomic mass is 16.7. The zero-order valence-electron chi connectivity index (χ0n) is 22.3. The van der Waals surface area contributed by atoms with Gasteiger partial charge in [-0.2, -0.15) is 0 Å². The zero-order valence-corrected chi connectivity index (χ0v) is 22.3. The van der Waals surface area contributed by atoms with Crippen LogP contribution in [0.15, 0.2) is 17.3 Å². The minimum atomic E-state index is -0.209. The Morgan fingerprint density at radius 2 is 1.38 bits per heavy atom. The average molecular weight is 472 g/mol. The predicted molar refractivity (Wildman–Crippen MR) is 143 cm³/mol. The molecule has 0 unspecified atom stereocenters. The van der Waals surface area contributed by atoms with Gasteiger partial charge in [0.15, 0.2) is 0 Å². The molecule has 0 bridgehead atoms. The van der Waals surface area contributed by atoms with E-state index in [1.807, 2.05) is 12.1 Å². The summed E-state index contributed by atoms with van der Waals surface area (Å²) in [6.07, 6.45) is 23.2. The van der Waals surface area contributed by atoms with Gasteiger partial charge in [0.25, 0.3) is 0 Å². The molecule has 192 valence electrons. The fourth-order valence-corrected chi connectivity index (χ4v) is 5.00. The van der Waals surface area contributed by atoms with Crippen molar-refractivity contribution in [3.63, 3.8) is 0 Å². The number of fused-ring (bicyclic) bond motifs is 1. The lowest BCUT2D eigenvalue weighted by molar-refractivity contribution is -0.143. The lowest BCUT2D eigenvalue weighted by atomic mass is 9.87. The fourth-order valence-electron chi connectivity index (χ4n) is 5.00. The number of oxime groups is 1. The summed E-state index contributed by atoms with van der Waals surface area (Å²) in [4.78, 5) is 17.4. The molecule has 0 saturated carbocycles. The van der Waals surface area contributed by atoms with E-state index in [1.54, 1.807) is 7.11 Å². The molecular weight excluding hydrogens is 422 g/mol. The number of hydrogen-bond donors (Lipinski definition) is 0. The highest BCUT2D eigenvalue weighted by Gasteiger charge is 2.20. The Hall–Kier alpha value is -1.84. The maximum Gasteiger partial charge on any atom is 0.335 e. The van der Waals surface area contributed by atoms with Gasteiger partial charge in [-0.1, -0.05) is 102 Å². The van der Waals surface area contributed by atoms with Crippen LogP contribution < -0.4 is 4.74 Å². The normalized spacial score (nSPS) is 14.3. The molecule has 1 aromatic rings. The maximum atomic E-state index is 12.1. The van der Waals surface area contributed by atoms with E-state index < -0.39 is 0 Å². The smallest absolute Gasteiger partial charge is 0.335 e. The summed E-state index contributed by atoms with van der Waals surface area (Å²) in [5.74, 6) is 0.699. The molecule has 0 fully saturated rings. The molecule has 0 spiro atoms. The SMILES string of the molecule is CCCCCCCCCCCCCCCCCC(=O)O/N=C1/CCCc2c1ccc(OC)c2C. The third kappa shape index (κ3) is 10.6. The summed E-state index contributed by atoms with van der Waals surface area (Å²) in [7, 11) is 1.70. The summed E-state index contributed by atoms with van der Waals surface area (Å²) in [5.41, 5.74) is 4.42. The molecule has 34 heavy (non-hydrogen) atoms. The first-order valence-electron chi connectivity index (χ1n) is 14.1. The van der Waals surface area contributed by atoms with Crippen LogP contribution in [-0.2, 0) is 16.1 Å². The molecule has 0 radical (unpaired) electrons. The van der Waals surface area contributed by atoms with Crippen molar-refractivity contribution in [1.82, 2.24) is 0 Å². The van der Waals surface area contributed by atoms with E-state index in [-0.39, 0.29) is 5.97 Å². The molecule has 2 rings (SSSR count). The van der Waals surface area contributed by atoms with Gasteiger partial charge in [-0.05, 0) is 55.9 Å². The van der Waals surface area contributed by atoms with Crippen LogP contribution in [0.4, 0.5) is 0 Å². The van der Waals surface area contributed by atoms with Crippen molar-refractivity contribution in [1.29, 1.82) is 0 Å². The Morgan fingerprint density at radius 1 is 0.824 bits per heavy atom. The molecule has 0 saturated heterocycles. The van der Waals surface area contributed by atoms with Gasteiger partial charge in [0.2, 0.25) is 0 Å². The second-order valence-corrected chi connectivity index (χ2v) is 9.97. The fraction of sp³-hybridized carbons (Fsp3) is 0.733. The first-order chi connectivity index (χ1) is 16.7. The Bertz CT molecular complexity index is 741. The van der Waals surface area contributed by atoms with Gasteiger partial charge in [-0.25, -0.2) is 4.79 Å². The molecule has 0 aliphatic heterocycles. The summed E-state index contributed by atoms with van der Waals surface area (Å²) >= 11 is 0. The number of nitrogens with zero attached hydrogens (tertiary/aromatic N) is 1. The number of carbonyl (C=O) groups excluding carboxylic acids is 1. The van der Waals surface area contributed by atoms with Crippen LogP contribution in [0.3, 0.4) is 0 Å². The third-order valence-corrected chi connectivity index (χ3v) is 7.16. The summed E-state index contributed by atoms with van der Waals surface area (Å²) in [6.45, 7) is 4.36. The second kappa shape index (κ2) is 17.6. The highest BCUT2D eigenvalue weighted by Crippen LogP contribution is 2.30. The van der Waals surface area contributed by atoms with Crippen molar-refractivity contribution in [2.45, 2.75) is 136 Å². The van der Waals surface area contributed by atoms with Crippen molar-refractivity contribution >= 4 is 11.7 Å². The minimum absolute atomic E-state index is 0.209. The van der Waals surface area contributed by atoms with Crippen molar-refractivity contribution in [2.75, 3.05) is 7.11 Å². The van der Waals surface area contributed by atoms with Gasteiger partial charge in [-0.15, -0.1) is 0 Å². The Kier molecular flexibility index (Phi) is 14.7. The minimum Gasteiger partial charge on any atom is -0.496 e.